The molecule has 0 fully saturated rings. The molecule has 2 heterocycles. The van der Waals surface area contributed by atoms with Crippen molar-refractivity contribution in [2.45, 2.75) is 12.7 Å². The summed E-state index contributed by atoms with van der Waals surface area (Å²) in [5.41, 5.74) is 0.0247. The van der Waals surface area contributed by atoms with Gasteiger partial charge in [0.1, 0.15) is 5.65 Å². The van der Waals surface area contributed by atoms with Gasteiger partial charge in [0.25, 0.3) is 5.91 Å². The summed E-state index contributed by atoms with van der Waals surface area (Å²) >= 11 is 0. The second kappa shape index (κ2) is 5.79. The highest BCUT2D eigenvalue weighted by atomic mass is 19.4. The summed E-state index contributed by atoms with van der Waals surface area (Å²) in [5, 5.41) is 6.68. The van der Waals surface area contributed by atoms with Crippen LogP contribution in [0.5, 0.6) is 0 Å². The zero-order valence-corrected chi connectivity index (χ0v) is 11.9. The van der Waals surface area contributed by atoms with Gasteiger partial charge in [-0.3, -0.25) is 4.79 Å². The van der Waals surface area contributed by atoms with Gasteiger partial charge in [-0.25, -0.2) is 4.52 Å². The van der Waals surface area contributed by atoms with Crippen LogP contribution in [0.1, 0.15) is 15.9 Å². The first kappa shape index (κ1) is 15.1. The predicted molar refractivity (Wildman–Crippen MR) is 77.0 cm³/mol. The molecular weight excluding hydrogens is 309 g/mol. The first-order valence-electron chi connectivity index (χ1n) is 6.89. The maximum Gasteiger partial charge on any atom is 0.416 e. The van der Waals surface area contributed by atoms with Gasteiger partial charge < -0.3 is 9.88 Å². The van der Waals surface area contributed by atoms with Gasteiger partial charge in [-0.15, -0.1) is 0 Å². The van der Waals surface area contributed by atoms with Crippen molar-refractivity contribution in [2.75, 3.05) is 6.54 Å². The summed E-state index contributed by atoms with van der Waals surface area (Å²) in [6.45, 7) is 0.789. The Morgan fingerprint density at radius 2 is 2.04 bits per heavy atom. The van der Waals surface area contributed by atoms with E-state index in [2.05, 4.69) is 10.4 Å². The summed E-state index contributed by atoms with van der Waals surface area (Å²) in [6.07, 6.45) is 0.796. The van der Waals surface area contributed by atoms with E-state index in [1.54, 1.807) is 16.9 Å². The Morgan fingerprint density at radius 3 is 2.83 bits per heavy atom. The average molecular weight is 322 g/mol. The molecule has 0 unspecified atom stereocenters. The van der Waals surface area contributed by atoms with E-state index in [9.17, 15) is 18.0 Å². The van der Waals surface area contributed by atoms with Gasteiger partial charge in [-0.2, -0.15) is 18.3 Å². The number of hydrogen-bond acceptors (Lipinski definition) is 2. The molecule has 23 heavy (non-hydrogen) atoms. The van der Waals surface area contributed by atoms with Gasteiger partial charge >= 0.3 is 6.18 Å². The molecule has 0 aliphatic rings. The average Bonchev–Trinajstić information content (AvgIpc) is 3.11. The van der Waals surface area contributed by atoms with Crippen molar-refractivity contribution in [3.63, 3.8) is 0 Å². The maximum absolute atomic E-state index is 12.6. The Bertz CT molecular complexity index is 834. The van der Waals surface area contributed by atoms with Crippen molar-refractivity contribution >= 4 is 11.6 Å². The van der Waals surface area contributed by atoms with Crippen molar-refractivity contribution in [1.29, 1.82) is 0 Å². The van der Waals surface area contributed by atoms with Crippen LogP contribution in [0.4, 0.5) is 13.2 Å². The molecule has 0 saturated carbocycles. The minimum atomic E-state index is -4.46. The number of imidazole rings is 1. The summed E-state index contributed by atoms with van der Waals surface area (Å²) in [6, 6.07) is 6.19. The lowest BCUT2D eigenvalue weighted by Crippen LogP contribution is -2.27. The maximum atomic E-state index is 12.6. The van der Waals surface area contributed by atoms with Crippen LogP contribution in [0.2, 0.25) is 0 Å². The summed E-state index contributed by atoms with van der Waals surface area (Å²) < 4.78 is 41.5. The van der Waals surface area contributed by atoms with Crippen LogP contribution in [0.3, 0.4) is 0 Å². The largest absolute Gasteiger partial charge is 0.416 e. The number of halogens is 3. The van der Waals surface area contributed by atoms with Gasteiger partial charge in [-0.05, 0) is 18.2 Å². The second-order valence-electron chi connectivity index (χ2n) is 4.96. The van der Waals surface area contributed by atoms with Crippen molar-refractivity contribution < 1.29 is 18.0 Å². The van der Waals surface area contributed by atoms with E-state index in [0.717, 1.165) is 17.8 Å². The molecule has 0 bridgehead atoms. The molecule has 0 saturated heterocycles. The van der Waals surface area contributed by atoms with E-state index >= 15 is 0 Å². The molecule has 1 aromatic carbocycles. The number of nitrogens with one attached hydrogen (secondary N) is 1. The van der Waals surface area contributed by atoms with E-state index in [-0.39, 0.29) is 5.56 Å². The van der Waals surface area contributed by atoms with Crippen molar-refractivity contribution in [1.82, 2.24) is 19.5 Å². The Balaban J connectivity index is 1.62. The third kappa shape index (κ3) is 3.20. The van der Waals surface area contributed by atoms with Crippen molar-refractivity contribution in [2.24, 2.45) is 0 Å². The van der Waals surface area contributed by atoms with Crippen LogP contribution >= 0.6 is 0 Å². The van der Waals surface area contributed by atoms with Gasteiger partial charge in [0, 0.05) is 37.1 Å². The number of benzene rings is 1. The van der Waals surface area contributed by atoms with Crippen molar-refractivity contribution in [3.05, 3.63) is 60.0 Å². The van der Waals surface area contributed by atoms with Crippen LogP contribution in [0.25, 0.3) is 5.65 Å². The monoisotopic (exact) mass is 322 g/mol. The van der Waals surface area contributed by atoms with Gasteiger partial charge in [0.05, 0.1) is 11.8 Å². The zero-order valence-electron chi connectivity index (χ0n) is 11.9. The molecule has 8 heteroatoms. The quantitative estimate of drug-likeness (QED) is 0.803. The fourth-order valence-electron chi connectivity index (χ4n) is 2.29. The number of amides is 1. The summed E-state index contributed by atoms with van der Waals surface area (Å²) in [4.78, 5) is 12.0. The normalized spacial score (nSPS) is 11.8. The number of carbonyl (C=O) groups excluding carboxylic acids is 1. The minimum Gasteiger partial charge on any atom is -0.350 e. The first-order valence-corrected chi connectivity index (χ1v) is 6.89. The van der Waals surface area contributed by atoms with Gasteiger partial charge in [0.2, 0.25) is 0 Å². The molecule has 3 rings (SSSR count). The number of alkyl halides is 3. The van der Waals surface area contributed by atoms with Crippen LogP contribution in [-0.2, 0) is 12.7 Å². The van der Waals surface area contributed by atoms with Crippen LogP contribution in [0, 0.1) is 0 Å². The highest BCUT2D eigenvalue weighted by molar-refractivity contribution is 5.94. The fourth-order valence-corrected chi connectivity index (χ4v) is 2.29. The predicted octanol–water partition coefficient (Wildman–Crippen LogP) is 2.58. The van der Waals surface area contributed by atoms with E-state index in [1.807, 2.05) is 16.8 Å². The highest BCUT2D eigenvalue weighted by Gasteiger charge is 2.30. The Morgan fingerprint density at radius 1 is 1.22 bits per heavy atom. The third-order valence-corrected chi connectivity index (χ3v) is 3.42. The lowest BCUT2D eigenvalue weighted by Gasteiger charge is -2.09. The Kier molecular flexibility index (Phi) is 3.81. The molecule has 0 spiro atoms. The minimum absolute atomic E-state index is 0.0122. The number of aromatic nitrogens is 3. The molecule has 0 aliphatic carbocycles. The van der Waals surface area contributed by atoms with Crippen LogP contribution in [-0.4, -0.2) is 26.6 Å². The molecule has 2 aromatic heterocycles. The van der Waals surface area contributed by atoms with Gasteiger partial charge in [-0.1, -0.05) is 6.07 Å². The van der Waals surface area contributed by atoms with E-state index in [4.69, 9.17) is 0 Å². The Labute approximate surface area is 129 Å². The first-order chi connectivity index (χ1) is 10.9. The van der Waals surface area contributed by atoms with Crippen LogP contribution < -0.4 is 5.32 Å². The third-order valence-electron chi connectivity index (χ3n) is 3.42. The summed E-state index contributed by atoms with van der Waals surface area (Å²) in [7, 11) is 0. The molecular formula is C15H13F3N4O. The molecule has 0 atom stereocenters. The SMILES string of the molecule is O=C(NCCn1ccn2nccc12)c1cccc(C(F)(F)F)c1. The van der Waals surface area contributed by atoms with E-state index in [1.165, 1.54) is 12.1 Å². The summed E-state index contributed by atoms with van der Waals surface area (Å²) in [5.74, 6) is -0.534. The van der Waals surface area contributed by atoms with E-state index < -0.39 is 17.6 Å². The molecule has 120 valence electrons. The van der Waals surface area contributed by atoms with Crippen LogP contribution in [0.15, 0.2) is 48.9 Å². The molecule has 0 aliphatic heterocycles. The lowest BCUT2D eigenvalue weighted by atomic mass is 10.1. The number of rotatable bonds is 4. The van der Waals surface area contributed by atoms with Crippen molar-refractivity contribution in [3.8, 4) is 0 Å². The second-order valence-corrected chi connectivity index (χ2v) is 4.96. The highest BCUT2D eigenvalue weighted by Crippen LogP contribution is 2.29. The van der Waals surface area contributed by atoms with E-state index in [0.29, 0.717) is 13.1 Å². The number of fused-ring (bicyclic) bond motifs is 1. The molecule has 3 aromatic rings. The smallest absolute Gasteiger partial charge is 0.350 e. The number of carbonyl (C=O) groups is 1. The zero-order chi connectivity index (χ0) is 16.4. The molecule has 1 N–H and O–H groups in total. The lowest BCUT2D eigenvalue weighted by molar-refractivity contribution is -0.137. The molecule has 5 nitrogen and oxygen atoms in total. The standard InChI is InChI=1S/C15H13F3N4O/c16-15(17,18)12-3-1-2-11(10-12)14(23)19-6-7-21-8-9-22-13(21)4-5-20-22/h1-5,8-10H,6-7H2,(H,19,23). The van der Waals surface area contributed by atoms with Gasteiger partial charge in [0.15, 0.2) is 0 Å². The fraction of sp³-hybridized carbons (Fsp3) is 0.200. The Hall–Kier alpha value is -2.77. The molecule has 1 amide bonds. The molecule has 0 radical (unpaired) electrons. The number of nitrogens with zero attached hydrogens (tertiary/aromatic N) is 3. The topological polar surface area (TPSA) is 51.3 Å². The number of hydrogen-bond donors (Lipinski definition) is 1.